The molecular weight excluding hydrogens is 355 g/mol. The molecule has 21 heavy (non-hydrogen) atoms. The van der Waals surface area contributed by atoms with Gasteiger partial charge in [0, 0.05) is 4.47 Å². The van der Waals surface area contributed by atoms with Gasteiger partial charge in [0.15, 0.2) is 11.6 Å². The Balaban J connectivity index is 2.51. The Bertz CT molecular complexity index is 631. The predicted molar refractivity (Wildman–Crippen MR) is 71.0 cm³/mol. The Kier molecular flexibility index (Phi) is 4.47. The first-order valence-electron chi connectivity index (χ1n) is 5.83. The van der Waals surface area contributed by atoms with Gasteiger partial charge in [-0.15, -0.1) is 18.3 Å². The first-order chi connectivity index (χ1) is 9.81. The van der Waals surface area contributed by atoms with Crippen molar-refractivity contribution in [3.63, 3.8) is 0 Å². The van der Waals surface area contributed by atoms with Crippen molar-refractivity contribution in [2.24, 2.45) is 0 Å². The van der Waals surface area contributed by atoms with Gasteiger partial charge in [-0.2, -0.15) is 4.68 Å². The fourth-order valence-electron chi connectivity index (χ4n) is 1.63. The van der Waals surface area contributed by atoms with E-state index in [0.717, 1.165) is 0 Å². The summed E-state index contributed by atoms with van der Waals surface area (Å²) in [5, 5.41) is 14.0. The molecule has 1 aromatic carbocycles. The van der Waals surface area contributed by atoms with Crippen LogP contribution in [-0.2, 0) is 0 Å². The van der Waals surface area contributed by atoms with E-state index in [9.17, 15) is 13.2 Å². The lowest BCUT2D eigenvalue weighted by Crippen LogP contribution is -2.21. The average Bonchev–Trinajstić information content (AvgIpc) is 2.85. The maximum absolute atomic E-state index is 12.5. The minimum atomic E-state index is -4.81. The van der Waals surface area contributed by atoms with Crippen molar-refractivity contribution in [2.75, 3.05) is 7.05 Å². The number of rotatable bonds is 4. The zero-order valence-electron chi connectivity index (χ0n) is 11.0. The second-order valence-electron chi connectivity index (χ2n) is 4.12. The molecule has 1 atom stereocenters. The van der Waals surface area contributed by atoms with E-state index in [-0.39, 0.29) is 11.7 Å². The third-order valence-corrected chi connectivity index (χ3v) is 3.18. The SMILES string of the molecule is CNC(C)c1nnnn1-c1ccc(Br)cc1OC(F)(F)F. The first kappa shape index (κ1) is 15.7. The third kappa shape index (κ3) is 3.70. The number of hydrogen-bond acceptors (Lipinski definition) is 5. The number of ether oxygens (including phenoxy) is 1. The van der Waals surface area contributed by atoms with Gasteiger partial charge in [-0.25, -0.2) is 0 Å². The molecule has 0 spiro atoms. The Morgan fingerprint density at radius 3 is 2.71 bits per heavy atom. The van der Waals surface area contributed by atoms with Gasteiger partial charge in [-0.05, 0) is 42.6 Å². The molecule has 1 unspecified atom stereocenters. The highest BCUT2D eigenvalue weighted by molar-refractivity contribution is 9.10. The van der Waals surface area contributed by atoms with Crippen LogP contribution in [0, 0.1) is 0 Å². The Hall–Kier alpha value is -1.68. The van der Waals surface area contributed by atoms with Gasteiger partial charge in [0.2, 0.25) is 0 Å². The van der Waals surface area contributed by atoms with Crippen molar-refractivity contribution in [3.8, 4) is 11.4 Å². The summed E-state index contributed by atoms with van der Waals surface area (Å²) < 4.78 is 43.2. The summed E-state index contributed by atoms with van der Waals surface area (Å²) in [4.78, 5) is 0. The summed E-state index contributed by atoms with van der Waals surface area (Å²) in [6.07, 6.45) is -4.81. The Morgan fingerprint density at radius 2 is 2.10 bits per heavy atom. The van der Waals surface area contributed by atoms with Crippen molar-refractivity contribution in [2.45, 2.75) is 19.3 Å². The summed E-state index contributed by atoms with van der Waals surface area (Å²) in [5.41, 5.74) is 0.0950. The quantitative estimate of drug-likeness (QED) is 0.901. The van der Waals surface area contributed by atoms with Crippen LogP contribution in [0.3, 0.4) is 0 Å². The predicted octanol–water partition coefficient (Wildman–Crippen LogP) is 2.60. The second-order valence-corrected chi connectivity index (χ2v) is 5.03. The average molecular weight is 366 g/mol. The summed E-state index contributed by atoms with van der Waals surface area (Å²) in [6.45, 7) is 1.78. The molecule has 0 amide bonds. The van der Waals surface area contributed by atoms with Crippen LogP contribution in [0.25, 0.3) is 5.69 Å². The topological polar surface area (TPSA) is 64.9 Å². The van der Waals surface area contributed by atoms with Crippen LogP contribution >= 0.6 is 15.9 Å². The normalized spacial score (nSPS) is 13.2. The summed E-state index contributed by atoms with van der Waals surface area (Å²) >= 11 is 3.11. The fraction of sp³-hybridized carbons (Fsp3) is 0.364. The van der Waals surface area contributed by atoms with Crippen LogP contribution in [0.5, 0.6) is 5.75 Å². The third-order valence-electron chi connectivity index (χ3n) is 2.69. The van der Waals surface area contributed by atoms with Crippen molar-refractivity contribution in [3.05, 3.63) is 28.5 Å². The highest BCUT2D eigenvalue weighted by Crippen LogP contribution is 2.32. The van der Waals surface area contributed by atoms with Crippen LogP contribution in [0.2, 0.25) is 0 Å². The van der Waals surface area contributed by atoms with E-state index in [2.05, 4.69) is 41.5 Å². The zero-order valence-corrected chi connectivity index (χ0v) is 12.6. The molecule has 2 rings (SSSR count). The molecule has 10 heteroatoms. The lowest BCUT2D eigenvalue weighted by Gasteiger charge is -2.15. The molecule has 0 aliphatic carbocycles. The van der Waals surface area contributed by atoms with Gasteiger partial charge < -0.3 is 10.1 Å². The van der Waals surface area contributed by atoms with Gasteiger partial charge in [0.25, 0.3) is 0 Å². The smallest absolute Gasteiger partial charge is 0.403 e. The zero-order chi connectivity index (χ0) is 15.6. The van der Waals surface area contributed by atoms with Crippen LogP contribution in [0.15, 0.2) is 22.7 Å². The molecule has 0 aliphatic heterocycles. The van der Waals surface area contributed by atoms with Crippen molar-refractivity contribution >= 4 is 15.9 Å². The summed E-state index contributed by atoms with van der Waals surface area (Å²) in [5.74, 6) is -0.0272. The van der Waals surface area contributed by atoms with E-state index in [4.69, 9.17) is 0 Å². The van der Waals surface area contributed by atoms with Crippen molar-refractivity contribution in [1.29, 1.82) is 0 Å². The van der Waals surface area contributed by atoms with Gasteiger partial charge >= 0.3 is 6.36 Å². The van der Waals surface area contributed by atoms with E-state index < -0.39 is 12.1 Å². The first-order valence-corrected chi connectivity index (χ1v) is 6.62. The Labute approximate surface area is 126 Å². The van der Waals surface area contributed by atoms with E-state index in [1.54, 1.807) is 20.0 Å². The minimum Gasteiger partial charge on any atom is -0.403 e. The molecule has 2 aromatic rings. The second kappa shape index (κ2) is 5.98. The highest BCUT2D eigenvalue weighted by Gasteiger charge is 2.33. The van der Waals surface area contributed by atoms with E-state index in [1.807, 2.05) is 0 Å². The molecule has 6 nitrogen and oxygen atoms in total. The number of halogens is 4. The summed E-state index contributed by atoms with van der Waals surface area (Å²) in [6, 6.07) is 3.97. The molecular formula is C11H11BrF3N5O. The fourth-order valence-corrected chi connectivity index (χ4v) is 1.97. The number of aromatic nitrogens is 4. The van der Waals surface area contributed by atoms with Gasteiger partial charge in [0.1, 0.15) is 5.69 Å². The molecule has 114 valence electrons. The molecule has 0 saturated carbocycles. The van der Waals surface area contributed by atoms with Gasteiger partial charge in [-0.3, -0.25) is 0 Å². The molecule has 0 aliphatic rings. The number of alkyl halides is 3. The number of nitrogens with one attached hydrogen (secondary N) is 1. The molecule has 0 radical (unpaired) electrons. The molecule has 1 N–H and O–H groups in total. The molecule has 0 bridgehead atoms. The lowest BCUT2D eigenvalue weighted by molar-refractivity contribution is -0.274. The van der Waals surface area contributed by atoms with Crippen molar-refractivity contribution in [1.82, 2.24) is 25.5 Å². The Morgan fingerprint density at radius 1 is 1.38 bits per heavy atom. The van der Waals surface area contributed by atoms with Crippen LogP contribution in [-0.4, -0.2) is 33.6 Å². The highest BCUT2D eigenvalue weighted by atomic mass is 79.9. The van der Waals surface area contributed by atoms with Gasteiger partial charge in [-0.1, -0.05) is 15.9 Å². The van der Waals surface area contributed by atoms with E-state index in [1.165, 1.54) is 16.8 Å². The van der Waals surface area contributed by atoms with Crippen LogP contribution in [0.4, 0.5) is 13.2 Å². The van der Waals surface area contributed by atoms with Crippen molar-refractivity contribution < 1.29 is 17.9 Å². The number of nitrogens with zero attached hydrogens (tertiary/aromatic N) is 4. The maximum Gasteiger partial charge on any atom is 0.573 e. The summed E-state index contributed by atoms with van der Waals surface area (Å²) in [7, 11) is 1.69. The standard InChI is InChI=1S/C11H11BrF3N5O/c1-6(16-2)10-17-18-19-20(10)8-4-3-7(12)5-9(8)21-11(13,14)15/h3-6,16H,1-2H3. The monoisotopic (exact) mass is 365 g/mol. The molecule has 0 saturated heterocycles. The molecule has 1 aromatic heterocycles. The van der Waals surface area contributed by atoms with E-state index >= 15 is 0 Å². The number of tetrazole rings is 1. The largest absolute Gasteiger partial charge is 0.573 e. The number of hydrogen-bond donors (Lipinski definition) is 1. The van der Waals surface area contributed by atoms with Crippen LogP contribution < -0.4 is 10.1 Å². The lowest BCUT2D eigenvalue weighted by atomic mass is 10.2. The minimum absolute atomic E-state index is 0.0950. The van der Waals surface area contributed by atoms with Gasteiger partial charge in [0.05, 0.1) is 6.04 Å². The number of benzene rings is 1. The van der Waals surface area contributed by atoms with E-state index in [0.29, 0.717) is 10.3 Å². The maximum atomic E-state index is 12.5. The van der Waals surface area contributed by atoms with Crippen LogP contribution in [0.1, 0.15) is 18.8 Å². The molecule has 0 fully saturated rings. The molecule has 1 heterocycles.